The van der Waals surface area contributed by atoms with Gasteiger partial charge >= 0.3 is 0 Å². The Morgan fingerprint density at radius 1 is 1.06 bits per heavy atom. The number of ether oxygens (including phenoxy) is 2. The lowest BCUT2D eigenvalue weighted by molar-refractivity contribution is -0.384. The van der Waals surface area contributed by atoms with Crippen molar-refractivity contribution < 1.29 is 32.1 Å². The molecule has 0 unspecified atom stereocenters. The van der Waals surface area contributed by atoms with Gasteiger partial charge in [-0.2, -0.15) is 8.42 Å². The minimum Gasteiger partial charge on any atom is -0.370 e. The average Bonchev–Trinajstić information content (AvgIpc) is 2.83. The Balaban J connectivity index is 1.40. The van der Waals surface area contributed by atoms with Gasteiger partial charge in [0.2, 0.25) is 0 Å². The number of hydrogen-bond acceptors (Lipinski definition) is 8. The van der Waals surface area contributed by atoms with Crippen molar-refractivity contribution in [3.8, 4) is 0 Å². The lowest BCUT2D eigenvalue weighted by Gasteiger charge is -2.37. The van der Waals surface area contributed by atoms with E-state index in [1.54, 1.807) is 6.92 Å². The number of non-ortho nitro benzene ring substituents is 1. The molecule has 35 heavy (non-hydrogen) atoms. The first-order valence-corrected chi connectivity index (χ1v) is 12.8. The summed E-state index contributed by atoms with van der Waals surface area (Å²) in [5.41, 5.74) is 1.48. The molecule has 1 aliphatic rings. The van der Waals surface area contributed by atoms with Crippen molar-refractivity contribution >= 4 is 26.6 Å². The second kappa shape index (κ2) is 10.8. The molecule has 0 amide bonds. The lowest BCUT2D eigenvalue weighted by Crippen LogP contribution is -2.50. The summed E-state index contributed by atoms with van der Waals surface area (Å²) < 4.78 is 42.4. The molecule has 1 fully saturated rings. The van der Waals surface area contributed by atoms with Gasteiger partial charge in [-0.05, 0) is 41.3 Å². The summed E-state index contributed by atoms with van der Waals surface area (Å²) in [4.78, 5) is 10.3. The molecule has 1 N–H and O–H groups in total. The Hall–Kier alpha value is -2.89. The number of fused-ring (bicyclic) bond motifs is 1. The molecule has 1 heterocycles. The van der Waals surface area contributed by atoms with Crippen molar-refractivity contribution in [2.75, 3.05) is 5.75 Å². The van der Waals surface area contributed by atoms with Crippen LogP contribution >= 0.6 is 0 Å². The molecule has 0 saturated carbocycles. The van der Waals surface area contributed by atoms with Gasteiger partial charge in [-0.1, -0.05) is 48.5 Å². The molecular formula is C25H27NO8S. The molecule has 0 radical (unpaired) electrons. The molecule has 9 nitrogen and oxygen atoms in total. The first-order valence-electron chi connectivity index (χ1n) is 11.3. The van der Waals surface area contributed by atoms with Crippen LogP contribution in [-0.2, 0) is 36.8 Å². The molecule has 1 saturated heterocycles. The Labute approximate surface area is 203 Å². The number of rotatable bonds is 9. The van der Waals surface area contributed by atoms with E-state index in [-0.39, 0.29) is 30.9 Å². The van der Waals surface area contributed by atoms with Gasteiger partial charge < -0.3 is 14.6 Å². The van der Waals surface area contributed by atoms with E-state index in [1.807, 2.05) is 42.5 Å². The van der Waals surface area contributed by atoms with Crippen molar-refractivity contribution in [3.63, 3.8) is 0 Å². The largest absolute Gasteiger partial charge is 0.370 e. The van der Waals surface area contributed by atoms with E-state index < -0.39 is 39.6 Å². The number of aliphatic hydroxyl groups excluding tert-OH is 1. The number of nitrogens with zero attached hydrogens (tertiary/aromatic N) is 1. The van der Waals surface area contributed by atoms with Gasteiger partial charge in [-0.15, -0.1) is 0 Å². The average molecular weight is 502 g/mol. The third kappa shape index (κ3) is 6.62. The summed E-state index contributed by atoms with van der Waals surface area (Å²) in [7, 11) is -3.98. The zero-order valence-electron chi connectivity index (χ0n) is 19.1. The summed E-state index contributed by atoms with van der Waals surface area (Å²) in [6.45, 7) is 1.85. The molecule has 3 aromatic carbocycles. The fourth-order valence-corrected chi connectivity index (χ4v) is 5.30. The van der Waals surface area contributed by atoms with Crippen molar-refractivity contribution in [3.05, 3.63) is 88.0 Å². The van der Waals surface area contributed by atoms with E-state index in [2.05, 4.69) is 0 Å². The van der Waals surface area contributed by atoms with Crippen LogP contribution in [0.5, 0.6) is 0 Å². The SMILES string of the molecule is C[C@H]1O[C@@H](O)C[C@@H](OCc2ccc3ccccc3c2)[C@@H]1OS(=O)(=O)CCc1ccc([N+](=O)[O-])cc1. The van der Waals surface area contributed by atoms with Gasteiger partial charge in [-0.3, -0.25) is 14.3 Å². The Bertz CT molecular complexity index is 1280. The number of aryl methyl sites for hydroxylation is 1. The standard InChI is InChI=1S/C25H27NO8S/c1-17-25(34-35(30,31)13-12-18-7-10-22(11-8-18)26(28)29)23(15-24(27)33-17)32-16-19-6-9-20-4-2-3-5-21(20)14-19/h2-11,14,17,23-25,27H,12-13,15-16H2,1H3/t17-,23-,24-,25-/m1/s1. The second-order valence-corrected chi connectivity index (χ2v) is 10.3. The highest BCUT2D eigenvalue weighted by molar-refractivity contribution is 7.86. The minimum atomic E-state index is -3.98. The van der Waals surface area contributed by atoms with Crippen LogP contribution in [0.3, 0.4) is 0 Å². The molecule has 0 aromatic heterocycles. The third-order valence-corrected chi connectivity index (χ3v) is 7.18. The van der Waals surface area contributed by atoms with Crippen LogP contribution in [0.2, 0.25) is 0 Å². The van der Waals surface area contributed by atoms with E-state index in [0.29, 0.717) is 5.56 Å². The number of hydrogen-bond donors (Lipinski definition) is 1. The third-order valence-electron chi connectivity index (χ3n) is 5.96. The van der Waals surface area contributed by atoms with Gasteiger partial charge in [0.05, 0.1) is 29.5 Å². The second-order valence-electron chi connectivity index (χ2n) is 8.56. The summed E-state index contributed by atoms with van der Waals surface area (Å²) in [5, 5.41) is 23.0. The molecular weight excluding hydrogens is 474 g/mol. The van der Waals surface area contributed by atoms with Crippen LogP contribution < -0.4 is 0 Å². The first-order chi connectivity index (χ1) is 16.7. The van der Waals surface area contributed by atoms with Crippen LogP contribution in [0.15, 0.2) is 66.7 Å². The van der Waals surface area contributed by atoms with Gasteiger partial charge in [-0.25, -0.2) is 0 Å². The smallest absolute Gasteiger partial charge is 0.269 e. The van der Waals surface area contributed by atoms with Gasteiger partial charge in [0.1, 0.15) is 6.10 Å². The van der Waals surface area contributed by atoms with Crippen molar-refractivity contribution in [2.24, 2.45) is 0 Å². The molecule has 0 spiro atoms. The highest BCUT2D eigenvalue weighted by atomic mass is 32.2. The molecule has 3 aromatic rings. The topological polar surface area (TPSA) is 125 Å². The van der Waals surface area contributed by atoms with Crippen LogP contribution in [0, 0.1) is 10.1 Å². The number of nitro groups is 1. The summed E-state index contributed by atoms with van der Waals surface area (Å²) in [6, 6.07) is 19.6. The minimum absolute atomic E-state index is 0.0639. The maximum atomic E-state index is 12.7. The van der Waals surface area contributed by atoms with E-state index in [0.717, 1.165) is 16.3 Å². The van der Waals surface area contributed by atoms with Crippen LogP contribution in [0.25, 0.3) is 10.8 Å². The lowest BCUT2D eigenvalue weighted by atomic mass is 10.0. The Morgan fingerprint density at radius 3 is 2.46 bits per heavy atom. The van der Waals surface area contributed by atoms with Gasteiger partial charge in [0.15, 0.2) is 6.29 Å². The maximum Gasteiger partial charge on any atom is 0.269 e. The Morgan fingerprint density at radius 2 is 1.74 bits per heavy atom. The normalized spacial score (nSPS) is 22.8. The van der Waals surface area contributed by atoms with Gasteiger partial charge in [0, 0.05) is 18.6 Å². The predicted octanol–water partition coefficient (Wildman–Crippen LogP) is 3.72. The molecule has 4 rings (SSSR count). The summed E-state index contributed by atoms with van der Waals surface area (Å²) in [6.07, 6.45) is -3.23. The van der Waals surface area contributed by atoms with E-state index in [4.69, 9.17) is 13.7 Å². The number of benzene rings is 3. The maximum absolute atomic E-state index is 12.7. The van der Waals surface area contributed by atoms with Crippen molar-refractivity contribution in [2.45, 2.75) is 51.0 Å². The predicted molar refractivity (Wildman–Crippen MR) is 129 cm³/mol. The number of nitro benzene ring substituents is 1. The molecule has 186 valence electrons. The molecule has 10 heteroatoms. The molecule has 1 aliphatic heterocycles. The highest BCUT2D eigenvalue weighted by Crippen LogP contribution is 2.27. The zero-order valence-corrected chi connectivity index (χ0v) is 20.0. The monoisotopic (exact) mass is 501 g/mol. The van der Waals surface area contributed by atoms with E-state index >= 15 is 0 Å². The van der Waals surface area contributed by atoms with Crippen LogP contribution in [0.1, 0.15) is 24.5 Å². The van der Waals surface area contributed by atoms with Crippen molar-refractivity contribution in [1.29, 1.82) is 0 Å². The first kappa shape index (κ1) is 25.2. The highest BCUT2D eigenvalue weighted by Gasteiger charge is 2.40. The molecule has 4 atom stereocenters. The van der Waals surface area contributed by atoms with E-state index in [1.165, 1.54) is 24.3 Å². The van der Waals surface area contributed by atoms with Crippen LogP contribution in [0.4, 0.5) is 5.69 Å². The Kier molecular flexibility index (Phi) is 7.78. The zero-order chi connectivity index (χ0) is 25.0. The van der Waals surface area contributed by atoms with Crippen LogP contribution in [-0.4, -0.2) is 48.8 Å². The number of aliphatic hydroxyl groups is 1. The fraction of sp³-hybridized carbons (Fsp3) is 0.360. The molecule has 0 bridgehead atoms. The van der Waals surface area contributed by atoms with E-state index in [9.17, 15) is 23.6 Å². The van der Waals surface area contributed by atoms with Gasteiger partial charge in [0.25, 0.3) is 15.8 Å². The van der Waals surface area contributed by atoms with Crippen molar-refractivity contribution in [1.82, 2.24) is 0 Å². The molecule has 0 aliphatic carbocycles. The summed E-state index contributed by atoms with van der Waals surface area (Å²) in [5.74, 6) is -0.312. The fourth-order valence-electron chi connectivity index (χ4n) is 4.10. The quantitative estimate of drug-likeness (QED) is 0.267. The summed E-state index contributed by atoms with van der Waals surface area (Å²) >= 11 is 0.